The molecule has 25 heavy (non-hydrogen) atoms. The van der Waals surface area contributed by atoms with Gasteiger partial charge >= 0.3 is 0 Å². The lowest BCUT2D eigenvalue weighted by Gasteiger charge is -2.21. The molecule has 1 N–H and O–H groups in total. The van der Waals surface area contributed by atoms with E-state index in [-0.39, 0.29) is 24.7 Å². The van der Waals surface area contributed by atoms with Crippen LogP contribution in [0.1, 0.15) is 10.4 Å². The number of amides is 1. The number of benzene rings is 1. The van der Waals surface area contributed by atoms with Gasteiger partial charge in [0.05, 0.1) is 32.1 Å². The summed E-state index contributed by atoms with van der Waals surface area (Å²) in [6.07, 6.45) is 0. The van der Waals surface area contributed by atoms with Crippen molar-refractivity contribution in [2.24, 2.45) is 5.92 Å². The maximum Gasteiger partial charge on any atom is 0.257 e. The average molecular weight is 378 g/mol. The third-order valence-electron chi connectivity index (χ3n) is 3.97. The first-order chi connectivity index (χ1) is 11.7. The molecule has 0 spiro atoms. The van der Waals surface area contributed by atoms with Gasteiger partial charge in [-0.3, -0.25) is 4.79 Å². The molecule has 0 aromatic heterocycles. The highest BCUT2D eigenvalue weighted by Gasteiger charge is 2.35. The van der Waals surface area contributed by atoms with Crippen LogP contribution in [0, 0.1) is 17.6 Å². The summed E-state index contributed by atoms with van der Waals surface area (Å²) in [5, 5.41) is 2.46. The largest absolute Gasteiger partial charge is 0.497 e. The maximum absolute atomic E-state index is 14.0. The van der Waals surface area contributed by atoms with Gasteiger partial charge in [0.15, 0.2) is 0 Å². The van der Waals surface area contributed by atoms with E-state index < -0.39 is 45.1 Å². The fourth-order valence-corrected chi connectivity index (χ4v) is 3.63. The molecule has 140 valence electrons. The molecule has 1 aliphatic heterocycles. The predicted molar refractivity (Wildman–Crippen MR) is 85.9 cm³/mol. The minimum Gasteiger partial charge on any atom is -0.497 e. The van der Waals surface area contributed by atoms with E-state index in [9.17, 15) is 22.0 Å². The molecular formula is C15H20F2N2O5S. The van der Waals surface area contributed by atoms with Crippen molar-refractivity contribution < 1.29 is 31.5 Å². The van der Waals surface area contributed by atoms with E-state index in [1.165, 1.54) is 21.2 Å². The highest BCUT2D eigenvalue weighted by atomic mass is 32.2. The number of methoxy groups -OCH3 is 1. The minimum absolute atomic E-state index is 0.0503. The fraction of sp³-hybridized carbons (Fsp3) is 0.533. The zero-order valence-electron chi connectivity index (χ0n) is 14.1. The second-order valence-electron chi connectivity index (χ2n) is 5.90. The smallest absolute Gasteiger partial charge is 0.257 e. The summed E-state index contributed by atoms with van der Waals surface area (Å²) in [6.45, 7) is 0.199. The summed E-state index contributed by atoms with van der Waals surface area (Å²) in [5.74, 6) is -3.90. The van der Waals surface area contributed by atoms with Crippen molar-refractivity contribution in [3.05, 3.63) is 29.3 Å². The maximum atomic E-state index is 14.0. The van der Waals surface area contributed by atoms with E-state index in [0.717, 1.165) is 16.4 Å². The first-order valence-corrected chi connectivity index (χ1v) is 9.08. The molecule has 0 unspecified atom stereocenters. The van der Waals surface area contributed by atoms with Crippen molar-refractivity contribution >= 4 is 15.9 Å². The SMILES string of the molecule is COc1cc(F)c(C(=O)N[C@@H]2COC[C@H]2CS(=O)(=O)N(C)C)c(F)c1. The molecule has 0 bridgehead atoms. The Labute approximate surface area is 145 Å². The molecule has 2 rings (SSSR count). The Bertz CT molecular complexity index is 731. The molecule has 1 fully saturated rings. The first-order valence-electron chi connectivity index (χ1n) is 7.47. The third-order valence-corrected chi connectivity index (χ3v) is 5.94. The number of hydrogen-bond acceptors (Lipinski definition) is 5. The van der Waals surface area contributed by atoms with Crippen LogP contribution >= 0.6 is 0 Å². The van der Waals surface area contributed by atoms with Crippen LogP contribution in [0.5, 0.6) is 5.75 Å². The quantitative estimate of drug-likeness (QED) is 0.784. The number of nitrogens with one attached hydrogen (secondary N) is 1. The number of carbonyl (C=O) groups is 1. The summed E-state index contributed by atoms with van der Waals surface area (Å²) < 4.78 is 63.0. The van der Waals surface area contributed by atoms with E-state index in [1.807, 2.05) is 0 Å². The van der Waals surface area contributed by atoms with Crippen LogP contribution in [0.25, 0.3) is 0 Å². The highest BCUT2D eigenvalue weighted by Crippen LogP contribution is 2.22. The van der Waals surface area contributed by atoms with Crippen molar-refractivity contribution in [2.45, 2.75) is 6.04 Å². The van der Waals surface area contributed by atoms with Crippen molar-refractivity contribution in [3.8, 4) is 5.75 Å². The minimum atomic E-state index is -3.50. The number of carbonyl (C=O) groups excluding carboxylic acids is 1. The number of ether oxygens (including phenoxy) is 2. The van der Waals surface area contributed by atoms with Crippen LogP contribution in [0.15, 0.2) is 12.1 Å². The van der Waals surface area contributed by atoms with Crippen LogP contribution in [0.4, 0.5) is 8.78 Å². The third kappa shape index (κ3) is 4.44. The van der Waals surface area contributed by atoms with Gasteiger partial charge in [-0.1, -0.05) is 0 Å². The van der Waals surface area contributed by atoms with Gasteiger partial charge in [0.1, 0.15) is 22.9 Å². The summed E-state index contributed by atoms with van der Waals surface area (Å²) in [4.78, 5) is 12.2. The molecule has 1 heterocycles. The van der Waals surface area contributed by atoms with Gasteiger partial charge < -0.3 is 14.8 Å². The summed E-state index contributed by atoms with van der Waals surface area (Å²) in [6, 6.07) is 1.14. The molecule has 10 heteroatoms. The zero-order valence-corrected chi connectivity index (χ0v) is 14.9. The molecule has 0 saturated carbocycles. The van der Waals surface area contributed by atoms with Gasteiger partial charge in [0.2, 0.25) is 10.0 Å². The zero-order chi connectivity index (χ0) is 18.8. The lowest BCUT2D eigenvalue weighted by atomic mass is 10.1. The van der Waals surface area contributed by atoms with Crippen LogP contribution in [0.2, 0.25) is 0 Å². The topological polar surface area (TPSA) is 84.9 Å². The molecule has 2 atom stereocenters. The van der Waals surface area contributed by atoms with E-state index >= 15 is 0 Å². The Kier molecular flexibility index (Phi) is 5.96. The van der Waals surface area contributed by atoms with Gasteiger partial charge in [-0.15, -0.1) is 0 Å². The Morgan fingerprint density at radius 2 is 1.92 bits per heavy atom. The lowest BCUT2D eigenvalue weighted by molar-refractivity contribution is 0.0917. The first kappa shape index (κ1) is 19.5. The molecule has 0 aliphatic carbocycles. The van der Waals surface area contributed by atoms with Crippen LogP contribution in [0.3, 0.4) is 0 Å². The summed E-state index contributed by atoms with van der Waals surface area (Å²) in [5.41, 5.74) is -0.748. The molecule has 1 aromatic carbocycles. The summed E-state index contributed by atoms with van der Waals surface area (Å²) >= 11 is 0. The monoisotopic (exact) mass is 378 g/mol. The van der Waals surface area contributed by atoms with E-state index in [0.29, 0.717) is 0 Å². The van der Waals surface area contributed by atoms with Gasteiger partial charge in [0.25, 0.3) is 5.91 Å². The second kappa shape index (κ2) is 7.63. The number of sulfonamides is 1. The molecule has 1 aromatic rings. The number of nitrogens with zero attached hydrogens (tertiary/aromatic N) is 1. The highest BCUT2D eigenvalue weighted by molar-refractivity contribution is 7.89. The molecule has 1 saturated heterocycles. The van der Waals surface area contributed by atoms with Crippen molar-refractivity contribution in [2.75, 3.05) is 40.2 Å². The van der Waals surface area contributed by atoms with Crippen molar-refractivity contribution in [1.29, 1.82) is 0 Å². The number of halogens is 2. The van der Waals surface area contributed by atoms with Gasteiger partial charge in [-0.25, -0.2) is 21.5 Å². The molecule has 7 nitrogen and oxygen atoms in total. The van der Waals surface area contributed by atoms with Crippen LogP contribution in [-0.2, 0) is 14.8 Å². The Balaban J connectivity index is 2.15. The van der Waals surface area contributed by atoms with Crippen LogP contribution in [-0.4, -0.2) is 64.8 Å². The molecular weight excluding hydrogens is 358 g/mol. The average Bonchev–Trinajstić information content (AvgIpc) is 2.92. The number of hydrogen-bond donors (Lipinski definition) is 1. The van der Waals surface area contributed by atoms with E-state index in [2.05, 4.69) is 5.32 Å². The normalized spacial score (nSPS) is 20.7. The van der Waals surface area contributed by atoms with Crippen LogP contribution < -0.4 is 10.1 Å². The van der Waals surface area contributed by atoms with E-state index in [1.54, 1.807) is 0 Å². The predicted octanol–water partition coefficient (Wildman–Crippen LogP) is 0.610. The van der Waals surface area contributed by atoms with E-state index in [4.69, 9.17) is 9.47 Å². The second-order valence-corrected chi connectivity index (χ2v) is 8.13. The van der Waals surface area contributed by atoms with Gasteiger partial charge in [0, 0.05) is 32.1 Å². The molecule has 1 aliphatic rings. The lowest BCUT2D eigenvalue weighted by Crippen LogP contribution is -2.44. The van der Waals surface area contributed by atoms with Gasteiger partial charge in [-0.2, -0.15) is 0 Å². The Hall–Kier alpha value is -1.78. The standard InChI is InChI=1S/C15H20F2N2O5S/c1-19(2)25(21,22)8-9-6-24-7-13(9)18-15(20)14-11(16)4-10(23-3)5-12(14)17/h4-5,9,13H,6-8H2,1-3H3,(H,18,20)/t9-,13+/m0/s1. The summed E-state index contributed by atoms with van der Waals surface area (Å²) in [7, 11) is 0.554. The Morgan fingerprint density at radius 1 is 1.32 bits per heavy atom. The molecule has 0 radical (unpaired) electrons. The van der Waals surface area contributed by atoms with Gasteiger partial charge in [-0.05, 0) is 0 Å². The number of rotatable bonds is 6. The van der Waals surface area contributed by atoms with Crippen molar-refractivity contribution in [3.63, 3.8) is 0 Å². The van der Waals surface area contributed by atoms with Crippen molar-refractivity contribution in [1.82, 2.24) is 9.62 Å². The molecule has 1 amide bonds. The Morgan fingerprint density at radius 3 is 2.44 bits per heavy atom. The fourth-order valence-electron chi connectivity index (χ4n) is 2.47.